The number of aromatic nitrogens is 1. The third-order valence-corrected chi connectivity index (χ3v) is 5.17. The third kappa shape index (κ3) is 4.85. The lowest BCUT2D eigenvalue weighted by Gasteiger charge is -2.19. The Hall–Kier alpha value is -3.10. The van der Waals surface area contributed by atoms with Crippen molar-refractivity contribution in [2.75, 3.05) is 13.1 Å². The molecule has 5 heteroatoms. The molecule has 1 unspecified atom stereocenters. The van der Waals surface area contributed by atoms with Crippen LogP contribution in [0.15, 0.2) is 48.7 Å². The van der Waals surface area contributed by atoms with Gasteiger partial charge in [-0.15, -0.1) is 0 Å². The zero-order valence-corrected chi connectivity index (χ0v) is 17.0. The molecule has 5 nitrogen and oxygen atoms in total. The Bertz CT molecular complexity index is 1030. The van der Waals surface area contributed by atoms with Gasteiger partial charge in [-0.25, -0.2) is 0 Å². The van der Waals surface area contributed by atoms with E-state index < -0.39 is 0 Å². The van der Waals surface area contributed by atoms with E-state index in [1.807, 2.05) is 24.4 Å². The predicted octanol–water partition coefficient (Wildman–Crippen LogP) is 4.11. The monoisotopic (exact) mass is 388 g/mol. The van der Waals surface area contributed by atoms with Crippen molar-refractivity contribution in [2.45, 2.75) is 32.6 Å². The molecule has 0 aliphatic carbocycles. The van der Waals surface area contributed by atoms with Crippen LogP contribution in [0.1, 0.15) is 37.3 Å². The molecule has 0 saturated carbocycles. The number of carbonyl (C=O) groups excluding carboxylic acids is 1. The van der Waals surface area contributed by atoms with Gasteiger partial charge in [-0.05, 0) is 59.7 Å². The Kier molecular flexibility index (Phi) is 6.69. The van der Waals surface area contributed by atoms with Crippen LogP contribution >= 0.6 is 0 Å². The Morgan fingerprint density at radius 2 is 2.00 bits per heavy atom. The summed E-state index contributed by atoms with van der Waals surface area (Å²) in [6.45, 7) is 4.85. The molecule has 0 aliphatic heterocycles. The number of benzene rings is 2. The van der Waals surface area contributed by atoms with Crippen LogP contribution in [0.4, 0.5) is 0 Å². The maximum absolute atomic E-state index is 12.7. The Morgan fingerprint density at radius 3 is 2.72 bits per heavy atom. The first-order valence-electron chi connectivity index (χ1n) is 10.1. The summed E-state index contributed by atoms with van der Waals surface area (Å²) in [4.78, 5) is 16.0. The van der Waals surface area contributed by atoms with E-state index in [4.69, 9.17) is 11.0 Å². The van der Waals surface area contributed by atoms with E-state index in [1.54, 1.807) is 0 Å². The number of hydrogen-bond donors (Lipinski definition) is 3. The van der Waals surface area contributed by atoms with E-state index in [1.165, 1.54) is 10.9 Å². The van der Waals surface area contributed by atoms with Crippen LogP contribution in [-0.4, -0.2) is 24.0 Å². The van der Waals surface area contributed by atoms with Crippen molar-refractivity contribution in [1.82, 2.24) is 10.3 Å². The molecule has 0 bridgehead atoms. The second-order valence-electron chi connectivity index (χ2n) is 7.80. The van der Waals surface area contributed by atoms with Crippen LogP contribution in [0, 0.1) is 17.2 Å². The van der Waals surface area contributed by atoms with Gasteiger partial charge in [-0.3, -0.25) is 4.79 Å². The molecule has 150 valence electrons. The summed E-state index contributed by atoms with van der Waals surface area (Å²) < 4.78 is 0. The summed E-state index contributed by atoms with van der Waals surface area (Å²) >= 11 is 0. The van der Waals surface area contributed by atoms with E-state index in [9.17, 15) is 4.79 Å². The Labute approximate surface area is 171 Å². The molecule has 1 atom stereocenters. The second-order valence-corrected chi connectivity index (χ2v) is 7.80. The van der Waals surface area contributed by atoms with E-state index in [-0.39, 0.29) is 18.4 Å². The van der Waals surface area contributed by atoms with Gasteiger partial charge in [0.05, 0.1) is 12.0 Å². The number of nitrogens with one attached hydrogen (secondary N) is 2. The molecule has 1 aromatic heterocycles. The quantitative estimate of drug-likeness (QED) is 0.507. The standard InChI is InChI=1S/C24H28N4O/c1-16(2)12-22(24(29)27-11-10-26)19-5-3-4-17(13-19)18-6-7-23-21(14-18)20(8-9-25)15-28-23/h3-7,13-16,22,28H,8-9,11-12,25H2,1-2H3,(H,27,29). The molecule has 0 fully saturated rings. The lowest BCUT2D eigenvalue weighted by molar-refractivity contribution is -0.122. The van der Waals surface area contributed by atoms with Crippen LogP contribution in [0.25, 0.3) is 22.0 Å². The molecule has 4 N–H and O–H groups in total. The fraction of sp³-hybridized carbons (Fsp3) is 0.333. The summed E-state index contributed by atoms with van der Waals surface area (Å²) in [6, 6.07) is 16.5. The molecule has 0 aliphatic rings. The van der Waals surface area contributed by atoms with Crippen LogP contribution < -0.4 is 11.1 Å². The first kappa shape index (κ1) is 20.6. The van der Waals surface area contributed by atoms with Crippen molar-refractivity contribution in [2.24, 2.45) is 11.7 Å². The minimum Gasteiger partial charge on any atom is -0.361 e. The van der Waals surface area contributed by atoms with E-state index in [0.29, 0.717) is 12.5 Å². The summed E-state index contributed by atoms with van der Waals surface area (Å²) in [7, 11) is 0. The minimum atomic E-state index is -0.271. The number of amides is 1. The average molecular weight is 389 g/mol. The number of nitrogens with zero attached hydrogens (tertiary/aromatic N) is 1. The molecule has 3 aromatic rings. The van der Waals surface area contributed by atoms with Gasteiger partial charge < -0.3 is 16.0 Å². The van der Waals surface area contributed by atoms with Crippen LogP contribution in [0.5, 0.6) is 0 Å². The van der Waals surface area contributed by atoms with Gasteiger partial charge in [-0.2, -0.15) is 5.26 Å². The summed E-state index contributed by atoms with van der Waals surface area (Å²) in [5.74, 6) is 0.00216. The molecular weight excluding hydrogens is 360 g/mol. The molecule has 3 rings (SSSR count). The number of hydrogen-bond acceptors (Lipinski definition) is 3. The van der Waals surface area contributed by atoms with E-state index in [2.05, 4.69) is 54.5 Å². The zero-order valence-electron chi connectivity index (χ0n) is 17.0. The van der Waals surface area contributed by atoms with Crippen molar-refractivity contribution in [3.8, 4) is 17.2 Å². The highest BCUT2D eigenvalue weighted by Gasteiger charge is 2.22. The highest BCUT2D eigenvalue weighted by molar-refractivity contribution is 5.89. The van der Waals surface area contributed by atoms with Gasteiger partial charge in [0.1, 0.15) is 6.54 Å². The van der Waals surface area contributed by atoms with Crippen LogP contribution in [0.2, 0.25) is 0 Å². The molecule has 1 heterocycles. The fourth-order valence-electron chi connectivity index (χ4n) is 3.77. The first-order valence-corrected chi connectivity index (χ1v) is 10.1. The third-order valence-electron chi connectivity index (χ3n) is 5.17. The number of rotatable bonds is 8. The van der Waals surface area contributed by atoms with Crippen LogP contribution in [-0.2, 0) is 11.2 Å². The zero-order chi connectivity index (χ0) is 20.8. The van der Waals surface area contributed by atoms with Crippen molar-refractivity contribution in [3.63, 3.8) is 0 Å². The smallest absolute Gasteiger partial charge is 0.228 e. The molecule has 2 aromatic carbocycles. The Balaban J connectivity index is 1.97. The maximum atomic E-state index is 12.7. The fourth-order valence-corrected chi connectivity index (χ4v) is 3.77. The van der Waals surface area contributed by atoms with Crippen molar-refractivity contribution in [3.05, 3.63) is 59.8 Å². The van der Waals surface area contributed by atoms with Crippen molar-refractivity contribution >= 4 is 16.8 Å². The van der Waals surface area contributed by atoms with Gasteiger partial charge in [0, 0.05) is 17.1 Å². The highest BCUT2D eigenvalue weighted by Crippen LogP contribution is 2.31. The summed E-state index contributed by atoms with van der Waals surface area (Å²) in [5.41, 5.74) is 11.2. The maximum Gasteiger partial charge on any atom is 0.228 e. The summed E-state index contributed by atoms with van der Waals surface area (Å²) in [5, 5.41) is 12.7. The Morgan fingerprint density at radius 1 is 1.21 bits per heavy atom. The lowest BCUT2D eigenvalue weighted by Crippen LogP contribution is -2.30. The normalized spacial score (nSPS) is 12.1. The van der Waals surface area contributed by atoms with E-state index >= 15 is 0 Å². The van der Waals surface area contributed by atoms with Gasteiger partial charge in [-0.1, -0.05) is 44.2 Å². The average Bonchev–Trinajstić information content (AvgIpc) is 3.12. The van der Waals surface area contributed by atoms with Gasteiger partial charge >= 0.3 is 0 Å². The second kappa shape index (κ2) is 9.40. The molecular formula is C24H28N4O. The lowest BCUT2D eigenvalue weighted by atomic mass is 9.87. The molecule has 29 heavy (non-hydrogen) atoms. The number of nitriles is 1. The predicted molar refractivity (Wildman–Crippen MR) is 117 cm³/mol. The van der Waals surface area contributed by atoms with Crippen molar-refractivity contribution in [1.29, 1.82) is 5.26 Å². The van der Waals surface area contributed by atoms with Gasteiger partial charge in [0.25, 0.3) is 0 Å². The first-order chi connectivity index (χ1) is 14.0. The summed E-state index contributed by atoms with van der Waals surface area (Å²) in [6.07, 6.45) is 3.59. The van der Waals surface area contributed by atoms with Gasteiger partial charge in [0.15, 0.2) is 0 Å². The minimum absolute atomic E-state index is 0.0290. The molecule has 1 amide bonds. The highest BCUT2D eigenvalue weighted by atomic mass is 16.1. The van der Waals surface area contributed by atoms with Gasteiger partial charge in [0.2, 0.25) is 5.91 Å². The topological polar surface area (TPSA) is 94.7 Å². The number of fused-ring (bicyclic) bond motifs is 1. The van der Waals surface area contributed by atoms with E-state index in [0.717, 1.165) is 35.0 Å². The number of nitrogens with two attached hydrogens (primary N) is 1. The molecule has 0 spiro atoms. The number of aromatic amines is 1. The molecule has 0 radical (unpaired) electrons. The number of carbonyl (C=O) groups is 1. The SMILES string of the molecule is CC(C)CC(C(=O)NCC#N)c1cccc(-c2ccc3[nH]cc(CCN)c3c2)c1. The van der Waals surface area contributed by atoms with Crippen LogP contribution in [0.3, 0.4) is 0 Å². The molecule has 0 saturated heterocycles. The van der Waals surface area contributed by atoms with Crippen molar-refractivity contribution < 1.29 is 4.79 Å². The largest absolute Gasteiger partial charge is 0.361 e. The number of H-pyrrole nitrogens is 1.